The summed E-state index contributed by atoms with van der Waals surface area (Å²) in [6.07, 6.45) is 3.93. The van der Waals surface area contributed by atoms with Gasteiger partial charge in [0.05, 0.1) is 0 Å². The third kappa shape index (κ3) is 4.49. The molecule has 1 heterocycles. The van der Waals surface area contributed by atoms with Gasteiger partial charge in [-0.05, 0) is 32.9 Å². The predicted octanol–water partition coefficient (Wildman–Crippen LogP) is 1.14. The predicted molar refractivity (Wildman–Crippen MR) is 66.1 cm³/mol. The van der Waals surface area contributed by atoms with Crippen LogP contribution in [0.1, 0.15) is 33.1 Å². The van der Waals surface area contributed by atoms with E-state index in [2.05, 4.69) is 23.6 Å². The van der Waals surface area contributed by atoms with Crippen molar-refractivity contribution in [3.63, 3.8) is 0 Å². The molecule has 1 unspecified atom stereocenters. The Labute approximate surface area is 94.6 Å². The molecule has 90 valence electrons. The first-order valence-electron chi connectivity index (χ1n) is 6.44. The van der Waals surface area contributed by atoms with Crippen molar-refractivity contribution in [1.82, 2.24) is 9.80 Å². The van der Waals surface area contributed by atoms with E-state index in [1.165, 1.54) is 45.4 Å². The van der Waals surface area contributed by atoms with Crippen LogP contribution >= 0.6 is 0 Å². The lowest BCUT2D eigenvalue weighted by Gasteiger charge is -2.27. The first-order valence-corrected chi connectivity index (χ1v) is 6.44. The van der Waals surface area contributed by atoms with E-state index in [4.69, 9.17) is 5.73 Å². The molecule has 3 nitrogen and oxygen atoms in total. The minimum absolute atomic E-state index is 0.757. The molecule has 0 aromatic rings. The average molecular weight is 213 g/mol. The molecule has 0 radical (unpaired) electrons. The molecule has 1 aliphatic rings. The maximum absolute atomic E-state index is 5.60. The van der Waals surface area contributed by atoms with Gasteiger partial charge < -0.3 is 10.6 Å². The van der Waals surface area contributed by atoms with Gasteiger partial charge in [0.1, 0.15) is 0 Å². The van der Waals surface area contributed by atoms with E-state index < -0.39 is 0 Å². The summed E-state index contributed by atoms with van der Waals surface area (Å²) in [7, 11) is 0. The van der Waals surface area contributed by atoms with Crippen LogP contribution in [0.5, 0.6) is 0 Å². The lowest BCUT2D eigenvalue weighted by Crippen LogP contribution is -2.37. The fourth-order valence-corrected chi connectivity index (χ4v) is 2.44. The first kappa shape index (κ1) is 12.9. The lowest BCUT2D eigenvalue weighted by molar-refractivity contribution is 0.201. The fourth-order valence-electron chi connectivity index (χ4n) is 2.44. The zero-order chi connectivity index (χ0) is 11.1. The van der Waals surface area contributed by atoms with Crippen LogP contribution in [-0.2, 0) is 0 Å². The smallest absolute Gasteiger partial charge is 0.0112 e. The molecule has 1 fully saturated rings. The quantitative estimate of drug-likeness (QED) is 0.743. The fraction of sp³-hybridized carbons (Fsp3) is 1.00. The molecule has 0 saturated carbocycles. The van der Waals surface area contributed by atoms with Gasteiger partial charge in [0.25, 0.3) is 0 Å². The average Bonchev–Trinajstić information content (AvgIpc) is 2.44. The van der Waals surface area contributed by atoms with Crippen molar-refractivity contribution in [2.75, 3.05) is 39.3 Å². The van der Waals surface area contributed by atoms with Gasteiger partial charge in [0.15, 0.2) is 0 Å². The zero-order valence-electron chi connectivity index (χ0n) is 10.4. The molecular weight excluding hydrogens is 186 g/mol. The standard InChI is InChI=1S/C12H27N3/c1-3-5-12(2)15-8-4-7-14(9-6-13)10-11-15/h12H,3-11,13H2,1-2H3. The number of nitrogens with two attached hydrogens (primary N) is 1. The molecule has 1 atom stereocenters. The summed E-state index contributed by atoms with van der Waals surface area (Å²) >= 11 is 0. The van der Waals surface area contributed by atoms with Crippen molar-refractivity contribution in [2.45, 2.75) is 39.2 Å². The second-order valence-electron chi connectivity index (χ2n) is 4.66. The van der Waals surface area contributed by atoms with Gasteiger partial charge in [-0.1, -0.05) is 13.3 Å². The molecular formula is C12H27N3. The molecule has 0 spiro atoms. The van der Waals surface area contributed by atoms with Gasteiger partial charge >= 0.3 is 0 Å². The van der Waals surface area contributed by atoms with E-state index in [0.29, 0.717) is 0 Å². The van der Waals surface area contributed by atoms with E-state index in [0.717, 1.165) is 19.1 Å². The van der Waals surface area contributed by atoms with E-state index in [9.17, 15) is 0 Å². The zero-order valence-corrected chi connectivity index (χ0v) is 10.4. The number of nitrogens with zero attached hydrogens (tertiary/aromatic N) is 2. The Bertz CT molecular complexity index is 161. The van der Waals surface area contributed by atoms with E-state index >= 15 is 0 Å². The van der Waals surface area contributed by atoms with Crippen LogP contribution in [0.2, 0.25) is 0 Å². The molecule has 2 N–H and O–H groups in total. The summed E-state index contributed by atoms with van der Waals surface area (Å²) in [5, 5.41) is 0. The highest BCUT2D eigenvalue weighted by molar-refractivity contribution is 4.74. The highest BCUT2D eigenvalue weighted by Gasteiger charge is 2.17. The second-order valence-corrected chi connectivity index (χ2v) is 4.66. The molecule has 15 heavy (non-hydrogen) atoms. The highest BCUT2D eigenvalue weighted by atomic mass is 15.2. The molecule has 0 amide bonds. The normalized spacial score (nSPS) is 22.6. The lowest BCUT2D eigenvalue weighted by atomic mass is 10.1. The van der Waals surface area contributed by atoms with Crippen LogP contribution in [0.4, 0.5) is 0 Å². The van der Waals surface area contributed by atoms with Crippen LogP contribution in [0, 0.1) is 0 Å². The van der Waals surface area contributed by atoms with Gasteiger partial charge in [-0.3, -0.25) is 4.90 Å². The van der Waals surface area contributed by atoms with Crippen LogP contribution in [0.3, 0.4) is 0 Å². The molecule has 1 rings (SSSR count). The van der Waals surface area contributed by atoms with Gasteiger partial charge in [-0.2, -0.15) is 0 Å². The minimum atomic E-state index is 0.757. The Hall–Kier alpha value is -0.120. The Balaban J connectivity index is 2.31. The van der Waals surface area contributed by atoms with Crippen molar-refractivity contribution < 1.29 is 0 Å². The SMILES string of the molecule is CCCC(C)N1CCCN(CCN)CC1. The van der Waals surface area contributed by atoms with Crippen molar-refractivity contribution in [1.29, 1.82) is 0 Å². The molecule has 0 aromatic carbocycles. The Morgan fingerprint density at radius 1 is 1.20 bits per heavy atom. The third-order valence-electron chi connectivity index (χ3n) is 3.40. The summed E-state index contributed by atoms with van der Waals surface area (Å²) in [4.78, 5) is 5.14. The molecule has 0 aromatic heterocycles. The van der Waals surface area contributed by atoms with Crippen LogP contribution in [-0.4, -0.2) is 55.1 Å². The topological polar surface area (TPSA) is 32.5 Å². The van der Waals surface area contributed by atoms with Gasteiger partial charge in [0.2, 0.25) is 0 Å². The summed E-state index contributed by atoms with van der Waals surface area (Å²) < 4.78 is 0. The van der Waals surface area contributed by atoms with Crippen LogP contribution < -0.4 is 5.73 Å². The third-order valence-corrected chi connectivity index (χ3v) is 3.40. The summed E-state index contributed by atoms with van der Waals surface area (Å²) in [6, 6.07) is 0.757. The van der Waals surface area contributed by atoms with Crippen LogP contribution in [0.15, 0.2) is 0 Å². The molecule has 1 aliphatic heterocycles. The van der Waals surface area contributed by atoms with Crippen LogP contribution in [0.25, 0.3) is 0 Å². The number of rotatable bonds is 5. The molecule has 0 aliphatic carbocycles. The molecule has 3 heteroatoms. The van der Waals surface area contributed by atoms with Crippen molar-refractivity contribution in [3.8, 4) is 0 Å². The van der Waals surface area contributed by atoms with Gasteiger partial charge in [0, 0.05) is 32.2 Å². The maximum Gasteiger partial charge on any atom is 0.0112 e. The van der Waals surface area contributed by atoms with Crippen molar-refractivity contribution in [3.05, 3.63) is 0 Å². The minimum Gasteiger partial charge on any atom is -0.329 e. The highest BCUT2D eigenvalue weighted by Crippen LogP contribution is 2.10. The number of hydrogen-bond donors (Lipinski definition) is 1. The number of hydrogen-bond acceptors (Lipinski definition) is 3. The monoisotopic (exact) mass is 213 g/mol. The molecule has 1 saturated heterocycles. The Morgan fingerprint density at radius 2 is 2.00 bits per heavy atom. The summed E-state index contributed by atoms with van der Waals surface area (Å²) in [6.45, 7) is 11.4. The van der Waals surface area contributed by atoms with E-state index in [1.54, 1.807) is 0 Å². The van der Waals surface area contributed by atoms with E-state index in [1.807, 2.05) is 0 Å². The second kappa shape index (κ2) is 7.20. The van der Waals surface area contributed by atoms with Crippen molar-refractivity contribution >= 4 is 0 Å². The van der Waals surface area contributed by atoms with Gasteiger partial charge in [-0.25, -0.2) is 0 Å². The largest absolute Gasteiger partial charge is 0.329 e. The van der Waals surface area contributed by atoms with Crippen molar-refractivity contribution in [2.24, 2.45) is 5.73 Å². The van der Waals surface area contributed by atoms with Gasteiger partial charge in [-0.15, -0.1) is 0 Å². The Kier molecular flexibility index (Phi) is 6.22. The van der Waals surface area contributed by atoms with E-state index in [-0.39, 0.29) is 0 Å². The summed E-state index contributed by atoms with van der Waals surface area (Å²) in [5.41, 5.74) is 5.60. The first-order chi connectivity index (χ1) is 7.27. The molecule has 0 bridgehead atoms. The maximum atomic E-state index is 5.60. The summed E-state index contributed by atoms with van der Waals surface area (Å²) in [5.74, 6) is 0. The Morgan fingerprint density at radius 3 is 2.67 bits per heavy atom.